The Hall–Kier alpha value is -0.960. The van der Waals surface area contributed by atoms with Gasteiger partial charge in [0.15, 0.2) is 0 Å². The zero-order chi connectivity index (χ0) is 10.1. The van der Waals surface area contributed by atoms with Crippen molar-refractivity contribution in [2.24, 2.45) is 0 Å². The van der Waals surface area contributed by atoms with Crippen molar-refractivity contribution in [1.82, 2.24) is 4.98 Å². The van der Waals surface area contributed by atoms with Gasteiger partial charge in [-0.25, -0.2) is 0 Å². The molecule has 1 aromatic rings. The maximum absolute atomic E-state index is 6.07. The highest BCUT2D eigenvalue weighted by molar-refractivity contribution is 6.33. The molecular weight excluding hydrogens is 198 g/mol. The second kappa shape index (κ2) is 3.65. The molecule has 0 spiro atoms. The summed E-state index contributed by atoms with van der Waals surface area (Å²) in [5.74, 6) is 0. The number of nitrogens with zero attached hydrogens (tertiary/aromatic N) is 2. The Morgan fingerprint density at radius 2 is 2.21 bits per heavy atom. The lowest BCUT2D eigenvalue weighted by molar-refractivity contribution is 0.401. The Balaban J connectivity index is 2.29. The van der Waals surface area contributed by atoms with Crippen molar-refractivity contribution < 1.29 is 0 Å². The van der Waals surface area contributed by atoms with Crippen LogP contribution in [-0.4, -0.2) is 18.1 Å². The van der Waals surface area contributed by atoms with Crippen LogP contribution in [-0.2, 0) is 0 Å². The normalized spacial score (nSPS) is 16.4. The lowest BCUT2D eigenvalue weighted by Gasteiger charge is -2.37. The monoisotopic (exact) mass is 211 g/mol. The molecular formula is C10H14ClN3. The van der Waals surface area contributed by atoms with Crippen molar-refractivity contribution >= 4 is 23.0 Å². The minimum absolute atomic E-state index is 0.595. The van der Waals surface area contributed by atoms with Crippen LogP contribution in [0.5, 0.6) is 0 Å². The molecule has 2 rings (SSSR count). The molecule has 0 aromatic carbocycles. The van der Waals surface area contributed by atoms with Crippen molar-refractivity contribution in [3.05, 3.63) is 17.4 Å². The second-order valence-electron chi connectivity index (χ2n) is 3.75. The fourth-order valence-corrected chi connectivity index (χ4v) is 2.07. The zero-order valence-corrected chi connectivity index (χ0v) is 8.96. The molecule has 1 fully saturated rings. The van der Waals surface area contributed by atoms with Gasteiger partial charge >= 0.3 is 0 Å². The number of nitrogen functional groups attached to an aromatic ring is 1. The highest BCUT2D eigenvalue weighted by Gasteiger charge is 2.24. The maximum atomic E-state index is 6.07. The Morgan fingerprint density at radius 3 is 2.71 bits per heavy atom. The molecule has 14 heavy (non-hydrogen) atoms. The predicted molar refractivity (Wildman–Crippen MR) is 59.7 cm³/mol. The molecule has 3 nitrogen and oxygen atoms in total. The average Bonchev–Trinajstić information content (AvgIpc) is 2.00. The molecule has 0 unspecified atom stereocenters. The van der Waals surface area contributed by atoms with Crippen LogP contribution in [0.2, 0.25) is 5.02 Å². The van der Waals surface area contributed by atoms with Gasteiger partial charge in [-0.05, 0) is 19.3 Å². The van der Waals surface area contributed by atoms with E-state index >= 15 is 0 Å². The summed E-state index contributed by atoms with van der Waals surface area (Å²) >= 11 is 6.07. The van der Waals surface area contributed by atoms with Gasteiger partial charge < -0.3 is 10.6 Å². The largest absolute Gasteiger partial charge is 0.396 e. The summed E-state index contributed by atoms with van der Waals surface area (Å²) in [5.41, 5.74) is 7.43. The van der Waals surface area contributed by atoms with Crippen LogP contribution in [0, 0.1) is 0 Å². The van der Waals surface area contributed by atoms with Gasteiger partial charge in [-0.3, -0.25) is 4.98 Å². The van der Waals surface area contributed by atoms with Crippen LogP contribution in [0.3, 0.4) is 0 Å². The van der Waals surface area contributed by atoms with Gasteiger partial charge in [0.05, 0.1) is 22.6 Å². The highest BCUT2D eigenvalue weighted by Crippen LogP contribution is 2.35. The molecule has 0 radical (unpaired) electrons. The highest BCUT2D eigenvalue weighted by atomic mass is 35.5. The van der Waals surface area contributed by atoms with E-state index in [0.29, 0.717) is 16.8 Å². The van der Waals surface area contributed by atoms with Gasteiger partial charge in [-0.2, -0.15) is 0 Å². The van der Waals surface area contributed by atoms with Crippen LogP contribution >= 0.6 is 11.6 Å². The zero-order valence-electron chi connectivity index (χ0n) is 8.20. The summed E-state index contributed by atoms with van der Waals surface area (Å²) < 4.78 is 0. The van der Waals surface area contributed by atoms with Crippen molar-refractivity contribution in [3.8, 4) is 0 Å². The number of nitrogens with two attached hydrogens (primary N) is 1. The smallest absolute Gasteiger partial charge is 0.0843 e. The Morgan fingerprint density at radius 1 is 1.50 bits per heavy atom. The van der Waals surface area contributed by atoms with Gasteiger partial charge in [0.1, 0.15) is 0 Å². The molecule has 76 valence electrons. The molecule has 2 N–H and O–H groups in total. The topological polar surface area (TPSA) is 42.1 Å². The van der Waals surface area contributed by atoms with E-state index in [1.165, 1.54) is 19.3 Å². The first-order valence-corrected chi connectivity index (χ1v) is 5.19. The van der Waals surface area contributed by atoms with Crippen LogP contribution in [0.15, 0.2) is 12.4 Å². The Labute approximate surface area is 88.9 Å². The third-order valence-corrected chi connectivity index (χ3v) is 3.15. The molecule has 0 saturated heterocycles. The van der Waals surface area contributed by atoms with E-state index in [9.17, 15) is 0 Å². The summed E-state index contributed by atoms with van der Waals surface area (Å²) in [7, 11) is 2.04. The van der Waals surface area contributed by atoms with Crippen LogP contribution in [0.1, 0.15) is 19.3 Å². The molecule has 0 atom stereocenters. The first-order chi connectivity index (χ1) is 6.70. The molecule has 1 aliphatic carbocycles. The second-order valence-corrected chi connectivity index (χ2v) is 4.16. The number of hydrogen-bond acceptors (Lipinski definition) is 3. The van der Waals surface area contributed by atoms with Crippen LogP contribution in [0.4, 0.5) is 11.4 Å². The third kappa shape index (κ3) is 1.52. The van der Waals surface area contributed by atoms with Gasteiger partial charge in [0, 0.05) is 19.3 Å². The SMILES string of the molecule is CN(c1c(N)cncc1Cl)C1CCC1. The molecule has 1 saturated carbocycles. The fourth-order valence-electron chi connectivity index (χ4n) is 1.77. The average molecular weight is 212 g/mol. The number of pyridine rings is 1. The molecule has 0 aliphatic heterocycles. The van der Waals surface area contributed by atoms with Crippen molar-refractivity contribution in [1.29, 1.82) is 0 Å². The lowest BCUT2D eigenvalue weighted by atomic mass is 9.91. The molecule has 1 aliphatic rings. The molecule has 4 heteroatoms. The van der Waals surface area contributed by atoms with E-state index in [-0.39, 0.29) is 0 Å². The van der Waals surface area contributed by atoms with E-state index in [2.05, 4.69) is 9.88 Å². The summed E-state index contributed by atoms with van der Waals surface area (Å²) in [5, 5.41) is 0.638. The van der Waals surface area contributed by atoms with Crippen molar-refractivity contribution in [2.45, 2.75) is 25.3 Å². The van der Waals surface area contributed by atoms with E-state index in [1.54, 1.807) is 12.4 Å². The first-order valence-electron chi connectivity index (χ1n) is 4.82. The predicted octanol–water partition coefficient (Wildman–Crippen LogP) is 2.31. The third-order valence-electron chi connectivity index (χ3n) is 2.88. The minimum atomic E-state index is 0.595. The molecule has 1 aromatic heterocycles. The number of anilines is 2. The maximum Gasteiger partial charge on any atom is 0.0843 e. The summed E-state index contributed by atoms with van der Waals surface area (Å²) in [6.07, 6.45) is 7.06. The number of aromatic nitrogens is 1. The fraction of sp³-hybridized carbons (Fsp3) is 0.500. The minimum Gasteiger partial charge on any atom is -0.396 e. The molecule has 0 bridgehead atoms. The van der Waals surface area contributed by atoms with E-state index in [4.69, 9.17) is 17.3 Å². The summed E-state index contributed by atoms with van der Waals surface area (Å²) in [6, 6.07) is 0.595. The molecule has 1 heterocycles. The van der Waals surface area contributed by atoms with Gasteiger partial charge in [0.2, 0.25) is 0 Å². The first kappa shape index (κ1) is 9.59. The Kier molecular flexibility index (Phi) is 2.50. The van der Waals surface area contributed by atoms with Gasteiger partial charge in [0.25, 0.3) is 0 Å². The summed E-state index contributed by atoms with van der Waals surface area (Å²) in [6.45, 7) is 0. The summed E-state index contributed by atoms with van der Waals surface area (Å²) in [4.78, 5) is 6.12. The quantitative estimate of drug-likeness (QED) is 0.817. The number of hydrogen-bond donors (Lipinski definition) is 1. The number of rotatable bonds is 2. The van der Waals surface area contributed by atoms with Crippen LogP contribution < -0.4 is 10.6 Å². The van der Waals surface area contributed by atoms with E-state index < -0.39 is 0 Å². The van der Waals surface area contributed by atoms with E-state index in [1.807, 2.05) is 7.05 Å². The molecule has 0 amide bonds. The Bertz CT molecular complexity index is 316. The van der Waals surface area contributed by atoms with Crippen LogP contribution in [0.25, 0.3) is 0 Å². The number of halogens is 1. The van der Waals surface area contributed by atoms with E-state index in [0.717, 1.165) is 5.69 Å². The lowest BCUT2D eigenvalue weighted by Crippen LogP contribution is -2.37. The van der Waals surface area contributed by atoms with Gasteiger partial charge in [-0.15, -0.1) is 0 Å². The van der Waals surface area contributed by atoms with Crippen molar-refractivity contribution in [3.63, 3.8) is 0 Å². The van der Waals surface area contributed by atoms with Gasteiger partial charge in [-0.1, -0.05) is 11.6 Å². The standard InChI is InChI=1S/C10H14ClN3/c1-14(7-3-2-4-7)10-8(11)5-13-6-9(10)12/h5-7H,2-4,12H2,1H3. The van der Waals surface area contributed by atoms with Crippen molar-refractivity contribution in [2.75, 3.05) is 17.7 Å².